The molecule has 3 nitrogen and oxygen atoms in total. The van der Waals surface area contributed by atoms with E-state index in [0.717, 1.165) is 49.7 Å². The van der Waals surface area contributed by atoms with Crippen molar-refractivity contribution in [2.24, 2.45) is 33.0 Å². The smallest absolute Gasteiger partial charge is 0.220 e. The van der Waals surface area contributed by atoms with Gasteiger partial charge in [0.2, 0.25) is 5.78 Å². The second-order valence-electron chi connectivity index (χ2n) is 13.2. The predicted octanol–water partition coefficient (Wildman–Crippen LogP) is 7.20. The number of carbonyl (C=O) groups excluding carboxylic acids is 2. The molecule has 5 rings (SSSR count). The van der Waals surface area contributed by atoms with Gasteiger partial charge in [0.15, 0.2) is 5.76 Å². The van der Waals surface area contributed by atoms with E-state index < -0.39 is 0 Å². The monoisotopic (exact) mass is 448 g/mol. The first-order chi connectivity index (χ1) is 15.2. The molecule has 3 saturated carbocycles. The average molecular weight is 449 g/mol. The van der Waals surface area contributed by atoms with Crippen LogP contribution in [0.25, 0.3) is 0 Å². The van der Waals surface area contributed by atoms with Crippen molar-refractivity contribution in [3.63, 3.8) is 0 Å². The number of Topliss-reactive ketones (excluding diaryl/α,β-unsaturated/α-hetero) is 1. The number of aliphatic hydroxyl groups excluding tert-OH is 1. The number of aliphatic hydroxyl groups is 1. The molecular weight excluding hydrogens is 408 g/mol. The first-order valence-corrected chi connectivity index (χ1v) is 12.8. The van der Waals surface area contributed by atoms with Crippen LogP contribution in [0.2, 0.25) is 0 Å². The van der Waals surface area contributed by atoms with Gasteiger partial charge in [-0.3, -0.25) is 9.59 Å². The highest BCUT2D eigenvalue weighted by atomic mass is 16.3. The van der Waals surface area contributed by atoms with Crippen LogP contribution in [0.3, 0.4) is 0 Å². The number of rotatable bonds is 1. The van der Waals surface area contributed by atoms with Crippen LogP contribution in [-0.2, 0) is 9.59 Å². The van der Waals surface area contributed by atoms with E-state index in [9.17, 15) is 14.7 Å². The zero-order valence-electron chi connectivity index (χ0n) is 21.5. The number of ketones is 2. The summed E-state index contributed by atoms with van der Waals surface area (Å²) in [5.41, 5.74) is 4.29. The van der Waals surface area contributed by atoms with Crippen LogP contribution in [0.15, 0.2) is 46.3 Å². The fourth-order valence-electron chi connectivity index (χ4n) is 8.78. The van der Waals surface area contributed by atoms with Gasteiger partial charge in [0.1, 0.15) is 5.78 Å². The van der Waals surface area contributed by atoms with Gasteiger partial charge in [-0.15, -0.1) is 0 Å². The highest BCUT2D eigenvalue weighted by molar-refractivity contribution is 6.06. The molecular formula is C30H40O3. The van der Waals surface area contributed by atoms with Gasteiger partial charge in [-0.2, -0.15) is 0 Å². The summed E-state index contributed by atoms with van der Waals surface area (Å²) >= 11 is 0. The molecule has 5 aliphatic rings. The van der Waals surface area contributed by atoms with E-state index in [1.165, 1.54) is 12.0 Å². The van der Waals surface area contributed by atoms with Gasteiger partial charge in [-0.05, 0) is 98.2 Å². The van der Waals surface area contributed by atoms with Crippen LogP contribution >= 0.6 is 0 Å². The molecule has 0 radical (unpaired) electrons. The molecule has 3 fully saturated rings. The first kappa shape index (κ1) is 22.9. The minimum Gasteiger partial charge on any atom is -0.504 e. The maximum atomic E-state index is 12.7. The first-order valence-electron chi connectivity index (χ1n) is 12.8. The van der Waals surface area contributed by atoms with Crippen molar-refractivity contribution < 1.29 is 14.7 Å². The summed E-state index contributed by atoms with van der Waals surface area (Å²) in [7, 11) is 0. The molecule has 0 aromatic carbocycles. The molecule has 0 unspecified atom stereocenters. The number of carbonyl (C=O) groups is 2. The maximum Gasteiger partial charge on any atom is 0.220 e. The molecule has 0 saturated heterocycles. The van der Waals surface area contributed by atoms with Crippen molar-refractivity contribution in [1.82, 2.24) is 0 Å². The van der Waals surface area contributed by atoms with Crippen LogP contribution in [0.1, 0.15) is 93.4 Å². The fourth-order valence-corrected chi connectivity index (χ4v) is 8.78. The van der Waals surface area contributed by atoms with Crippen molar-refractivity contribution in [2.45, 2.75) is 93.4 Å². The molecule has 0 heterocycles. The Kier molecular flexibility index (Phi) is 4.58. The normalized spacial score (nSPS) is 46.8. The second-order valence-corrected chi connectivity index (χ2v) is 13.2. The highest BCUT2D eigenvalue weighted by Crippen LogP contribution is 2.75. The minimum atomic E-state index is -0.263. The van der Waals surface area contributed by atoms with Crippen molar-refractivity contribution in [3.05, 3.63) is 46.3 Å². The largest absolute Gasteiger partial charge is 0.504 e. The van der Waals surface area contributed by atoms with Crippen LogP contribution < -0.4 is 0 Å². The molecule has 0 aromatic rings. The number of hydrogen-bond donors (Lipinski definition) is 1. The number of allylic oxidation sites excluding steroid dienone is 7. The van der Waals surface area contributed by atoms with Gasteiger partial charge in [0, 0.05) is 16.4 Å². The van der Waals surface area contributed by atoms with E-state index in [1.807, 2.05) is 6.92 Å². The molecule has 0 spiro atoms. The fraction of sp³-hybridized carbons (Fsp3) is 0.667. The van der Waals surface area contributed by atoms with Gasteiger partial charge in [0.25, 0.3) is 0 Å². The summed E-state index contributed by atoms with van der Waals surface area (Å²) in [4.78, 5) is 25.3. The SMILES string of the molecule is CC(=O)[C@]1(C)CC[C@]2(C)CC[C@]3(C)C4=CC=C5C(=CC(=O)C(O)=C5C)[C@]4(C)CC[C@@]3(C)[C@@H]2C1. The summed E-state index contributed by atoms with van der Waals surface area (Å²) < 4.78 is 0. The predicted molar refractivity (Wildman–Crippen MR) is 132 cm³/mol. The summed E-state index contributed by atoms with van der Waals surface area (Å²) in [6.07, 6.45) is 13.8. The van der Waals surface area contributed by atoms with Gasteiger partial charge in [0.05, 0.1) is 0 Å². The molecule has 0 amide bonds. The Morgan fingerprint density at radius 1 is 0.970 bits per heavy atom. The average Bonchev–Trinajstić information content (AvgIpc) is 2.75. The summed E-state index contributed by atoms with van der Waals surface area (Å²) in [5, 5.41) is 10.3. The Labute approximate surface area is 199 Å². The number of hydrogen-bond acceptors (Lipinski definition) is 3. The lowest BCUT2D eigenvalue weighted by molar-refractivity contribution is -0.167. The zero-order chi connectivity index (χ0) is 24.2. The Bertz CT molecular complexity index is 1100. The third-order valence-electron chi connectivity index (χ3n) is 11.7. The standard InChI is InChI=1S/C30H40O3/c1-18-20-8-9-23-28(5,21(20)16-22(32)25(18)33)13-15-30(7)24-17-27(4,19(2)31)11-10-26(24,3)12-14-29(23,30)6/h8-9,16,24,33H,10-15,17H2,1-7H3/t24-,26-,27-,28+,29-,30+/m1/s1. The van der Waals surface area contributed by atoms with E-state index in [2.05, 4.69) is 46.8 Å². The lowest BCUT2D eigenvalue weighted by atomic mass is 9.34. The lowest BCUT2D eigenvalue weighted by Gasteiger charge is -2.70. The van der Waals surface area contributed by atoms with Crippen LogP contribution in [0.4, 0.5) is 0 Å². The molecule has 33 heavy (non-hydrogen) atoms. The maximum absolute atomic E-state index is 12.7. The Hall–Kier alpha value is -1.90. The van der Waals surface area contributed by atoms with Gasteiger partial charge >= 0.3 is 0 Å². The molecule has 178 valence electrons. The van der Waals surface area contributed by atoms with E-state index in [1.54, 1.807) is 13.0 Å². The lowest BCUT2D eigenvalue weighted by Crippen LogP contribution is -2.62. The third kappa shape index (κ3) is 2.68. The van der Waals surface area contributed by atoms with Crippen molar-refractivity contribution in [2.75, 3.05) is 0 Å². The van der Waals surface area contributed by atoms with Crippen LogP contribution in [0, 0.1) is 33.0 Å². The van der Waals surface area contributed by atoms with E-state index in [0.29, 0.717) is 22.7 Å². The Morgan fingerprint density at radius 3 is 2.30 bits per heavy atom. The van der Waals surface area contributed by atoms with Crippen LogP contribution in [0.5, 0.6) is 0 Å². The topological polar surface area (TPSA) is 54.4 Å². The Balaban J connectivity index is 1.64. The highest BCUT2D eigenvalue weighted by Gasteiger charge is 2.67. The molecule has 0 aliphatic heterocycles. The summed E-state index contributed by atoms with van der Waals surface area (Å²) in [6, 6.07) is 0. The zero-order valence-corrected chi connectivity index (χ0v) is 21.5. The molecule has 3 heteroatoms. The third-order valence-corrected chi connectivity index (χ3v) is 11.7. The molecule has 1 N–H and O–H groups in total. The quantitative estimate of drug-likeness (QED) is 0.461. The summed E-state index contributed by atoms with van der Waals surface area (Å²) in [5.74, 6) is 0.478. The minimum absolute atomic E-state index is 0.0161. The van der Waals surface area contributed by atoms with Gasteiger partial charge in [-0.25, -0.2) is 0 Å². The van der Waals surface area contributed by atoms with E-state index in [-0.39, 0.29) is 33.2 Å². The van der Waals surface area contributed by atoms with Gasteiger partial charge in [-0.1, -0.05) is 52.3 Å². The van der Waals surface area contributed by atoms with Crippen molar-refractivity contribution in [1.29, 1.82) is 0 Å². The van der Waals surface area contributed by atoms with Crippen molar-refractivity contribution >= 4 is 11.6 Å². The van der Waals surface area contributed by atoms with Gasteiger partial charge < -0.3 is 5.11 Å². The summed E-state index contributed by atoms with van der Waals surface area (Å²) in [6.45, 7) is 15.6. The van der Waals surface area contributed by atoms with Crippen molar-refractivity contribution in [3.8, 4) is 0 Å². The molecule has 0 bridgehead atoms. The van der Waals surface area contributed by atoms with E-state index >= 15 is 0 Å². The molecule has 0 aromatic heterocycles. The van der Waals surface area contributed by atoms with E-state index in [4.69, 9.17) is 0 Å². The Morgan fingerprint density at radius 2 is 1.64 bits per heavy atom. The number of fused-ring (bicyclic) bond motifs is 7. The molecule has 5 aliphatic carbocycles. The molecule has 6 atom stereocenters. The van der Waals surface area contributed by atoms with Crippen LogP contribution in [-0.4, -0.2) is 16.7 Å². The second kappa shape index (κ2) is 6.61.